The van der Waals surface area contributed by atoms with Crippen LogP contribution in [-0.2, 0) is 11.4 Å². The number of hydrogen-bond donors (Lipinski definition) is 1. The Hall–Kier alpha value is -0.0700. The zero-order valence-electron chi connectivity index (χ0n) is 7.84. The summed E-state index contributed by atoms with van der Waals surface area (Å²) >= 11 is 2.14. The number of halogens is 1. The number of hydroxylamine groups is 1. The van der Waals surface area contributed by atoms with E-state index >= 15 is 0 Å². The highest BCUT2D eigenvalue weighted by atomic mass is 127. The van der Waals surface area contributed by atoms with Gasteiger partial charge in [0.05, 0.1) is 13.2 Å². The summed E-state index contributed by atoms with van der Waals surface area (Å²) in [5, 5.41) is 0. The van der Waals surface area contributed by atoms with Gasteiger partial charge in [0.2, 0.25) is 0 Å². The van der Waals surface area contributed by atoms with Gasteiger partial charge in [0, 0.05) is 0 Å². The van der Waals surface area contributed by atoms with Gasteiger partial charge in [0.25, 0.3) is 0 Å². The summed E-state index contributed by atoms with van der Waals surface area (Å²) in [6.07, 6.45) is 0. The summed E-state index contributed by atoms with van der Waals surface area (Å²) in [5.41, 5.74) is 2.85. The van der Waals surface area contributed by atoms with Gasteiger partial charge in [0.15, 0.2) is 3.77 Å². The molecule has 0 aliphatic rings. The van der Waals surface area contributed by atoms with Crippen molar-refractivity contribution in [3.8, 4) is 0 Å². The molecule has 13 heavy (non-hydrogen) atoms. The van der Waals surface area contributed by atoms with Gasteiger partial charge >= 0.3 is 0 Å². The Morgan fingerprint density at radius 2 is 2.31 bits per heavy atom. The number of furan rings is 1. The van der Waals surface area contributed by atoms with Crippen LogP contribution in [0.2, 0.25) is 0 Å². The first-order chi connectivity index (χ1) is 6.18. The van der Waals surface area contributed by atoms with E-state index in [1.807, 2.05) is 12.1 Å². The Morgan fingerprint density at radius 3 is 2.85 bits per heavy atom. The Balaban J connectivity index is 2.13. The summed E-state index contributed by atoms with van der Waals surface area (Å²) in [7, 11) is 0. The van der Waals surface area contributed by atoms with Crippen molar-refractivity contribution >= 4 is 22.6 Å². The lowest BCUT2D eigenvalue weighted by atomic mass is 10.2. The Morgan fingerprint density at radius 1 is 1.54 bits per heavy atom. The molecule has 0 spiro atoms. The second-order valence-electron chi connectivity index (χ2n) is 3.23. The largest absolute Gasteiger partial charge is 0.454 e. The average molecular weight is 295 g/mol. The van der Waals surface area contributed by atoms with Crippen LogP contribution in [0.5, 0.6) is 0 Å². The maximum atomic E-state index is 5.33. The molecule has 0 atom stereocenters. The second kappa shape index (κ2) is 5.62. The number of rotatable bonds is 5. The van der Waals surface area contributed by atoms with E-state index in [1.54, 1.807) is 0 Å². The lowest BCUT2D eigenvalue weighted by molar-refractivity contribution is 0.0164. The van der Waals surface area contributed by atoms with Gasteiger partial charge in [-0.1, -0.05) is 13.8 Å². The summed E-state index contributed by atoms with van der Waals surface area (Å²) in [6.45, 7) is 5.56. The molecule has 0 fully saturated rings. The van der Waals surface area contributed by atoms with Crippen LogP contribution in [0.3, 0.4) is 0 Å². The smallest absolute Gasteiger partial charge is 0.164 e. The highest BCUT2D eigenvalue weighted by Gasteiger charge is 1.98. The average Bonchev–Trinajstić information content (AvgIpc) is 2.45. The van der Waals surface area contributed by atoms with E-state index in [9.17, 15) is 0 Å². The van der Waals surface area contributed by atoms with Gasteiger partial charge < -0.3 is 9.25 Å². The van der Waals surface area contributed by atoms with Crippen LogP contribution in [0.1, 0.15) is 19.6 Å². The van der Waals surface area contributed by atoms with Crippen LogP contribution in [0, 0.1) is 9.68 Å². The quantitative estimate of drug-likeness (QED) is 0.515. The van der Waals surface area contributed by atoms with Crippen LogP contribution >= 0.6 is 22.6 Å². The highest BCUT2D eigenvalue weighted by Crippen LogP contribution is 2.09. The zero-order chi connectivity index (χ0) is 9.68. The molecule has 0 amide bonds. The molecule has 0 bridgehead atoms. The molecule has 0 saturated carbocycles. The summed E-state index contributed by atoms with van der Waals surface area (Å²) in [6, 6.07) is 3.87. The van der Waals surface area contributed by atoms with Crippen molar-refractivity contribution in [1.82, 2.24) is 5.48 Å². The van der Waals surface area contributed by atoms with Crippen molar-refractivity contribution in [2.24, 2.45) is 5.92 Å². The molecule has 0 unspecified atom stereocenters. The first-order valence-corrected chi connectivity index (χ1v) is 5.35. The first kappa shape index (κ1) is 11.0. The third-order valence-electron chi connectivity index (χ3n) is 1.39. The van der Waals surface area contributed by atoms with Gasteiger partial charge in [-0.25, -0.2) is 0 Å². The molecule has 0 aromatic carbocycles. The fraction of sp³-hybridized carbons (Fsp3) is 0.556. The monoisotopic (exact) mass is 295 g/mol. The molecule has 4 heteroatoms. The van der Waals surface area contributed by atoms with Gasteiger partial charge in [-0.3, -0.25) is 0 Å². The van der Waals surface area contributed by atoms with Gasteiger partial charge in [-0.15, -0.1) is 0 Å². The standard InChI is InChI=1S/C9H14INO2/c1-7(2)6-12-11-5-8-3-4-9(10)13-8/h3-4,7,11H,5-6H2,1-2H3. The SMILES string of the molecule is CC(C)CONCc1ccc(I)o1. The molecular weight excluding hydrogens is 281 g/mol. The van der Waals surface area contributed by atoms with Crippen LogP contribution in [0.25, 0.3) is 0 Å². The van der Waals surface area contributed by atoms with E-state index < -0.39 is 0 Å². The van der Waals surface area contributed by atoms with E-state index in [0.717, 1.165) is 16.1 Å². The van der Waals surface area contributed by atoms with Crippen molar-refractivity contribution in [2.75, 3.05) is 6.61 Å². The van der Waals surface area contributed by atoms with Crippen molar-refractivity contribution in [3.05, 3.63) is 21.7 Å². The summed E-state index contributed by atoms with van der Waals surface area (Å²) in [5.74, 6) is 1.44. The molecule has 1 rings (SSSR count). The minimum atomic E-state index is 0.546. The van der Waals surface area contributed by atoms with Crippen molar-refractivity contribution in [3.63, 3.8) is 0 Å². The van der Waals surface area contributed by atoms with Crippen LogP contribution in [-0.4, -0.2) is 6.61 Å². The fourth-order valence-corrected chi connectivity index (χ4v) is 1.26. The van der Waals surface area contributed by atoms with E-state index in [1.165, 1.54) is 0 Å². The van der Waals surface area contributed by atoms with Crippen LogP contribution in [0.15, 0.2) is 16.5 Å². The van der Waals surface area contributed by atoms with Gasteiger partial charge in [0.1, 0.15) is 5.76 Å². The summed E-state index contributed by atoms with van der Waals surface area (Å²) in [4.78, 5) is 5.20. The van der Waals surface area contributed by atoms with Crippen molar-refractivity contribution < 1.29 is 9.25 Å². The maximum Gasteiger partial charge on any atom is 0.164 e. The topological polar surface area (TPSA) is 34.4 Å². The minimum Gasteiger partial charge on any atom is -0.454 e. The van der Waals surface area contributed by atoms with E-state index in [-0.39, 0.29) is 0 Å². The zero-order valence-corrected chi connectivity index (χ0v) is 10.00. The molecule has 0 aliphatic heterocycles. The number of hydrogen-bond acceptors (Lipinski definition) is 3. The van der Waals surface area contributed by atoms with Crippen LogP contribution in [0.4, 0.5) is 0 Å². The van der Waals surface area contributed by atoms with Crippen LogP contribution < -0.4 is 5.48 Å². The van der Waals surface area contributed by atoms with E-state index in [4.69, 9.17) is 9.25 Å². The molecule has 0 saturated heterocycles. The Labute approximate surface area is 91.9 Å². The normalized spacial score (nSPS) is 11.1. The highest BCUT2D eigenvalue weighted by molar-refractivity contribution is 14.1. The maximum absolute atomic E-state index is 5.33. The molecule has 1 aromatic rings. The van der Waals surface area contributed by atoms with E-state index in [0.29, 0.717) is 12.5 Å². The fourth-order valence-electron chi connectivity index (χ4n) is 0.795. The number of nitrogens with one attached hydrogen (secondary N) is 1. The predicted molar refractivity (Wildman–Crippen MR) is 59.1 cm³/mol. The van der Waals surface area contributed by atoms with Gasteiger partial charge in [-0.2, -0.15) is 5.48 Å². The van der Waals surface area contributed by atoms with Gasteiger partial charge in [-0.05, 0) is 40.6 Å². The molecular formula is C9H14INO2. The Kier molecular flexibility index (Phi) is 4.76. The molecule has 1 heterocycles. The van der Waals surface area contributed by atoms with E-state index in [2.05, 4.69) is 41.9 Å². The third-order valence-corrected chi connectivity index (χ3v) is 1.97. The predicted octanol–water partition coefficient (Wildman–Crippen LogP) is 2.56. The second-order valence-corrected chi connectivity index (χ2v) is 4.29. The molecule has 3 nitrogen and oxygen atoms in total. The molecule has 0 aliphatic carbocycles. The first-order valence-electron chi connectivity index (χ1n) is 4.27. The molecule has 74 valence electrons. The molecule has 1 aromatic heterocycles. The minimum absolute atomic E-state index is 0.546. The lowest BCUT2D eigenvalue weighted by Crippen LogP contribution is -2.16. The molecule has 0 radical (unpaired) electrons. The van der Waals surface area contributed by atoms with Crippen molar-refractivity contribution in [1.29, 1.82) is 0 Å². The molecule has 1 N–H and O–H groups in total. The lowest BCUT2D eigenvalue weighted by Gasteiger charge is -2.05. The Bertz CT molecular complexity index is 248. The van der Waals surface area contributed by atoms with Crippen molar-refractivity contribution in [2.45, 2.75) is 20.4 Å². The summed E-state index contributed by atoms with van der Waals surface area (Å²) < 4.78 is 6.24. The third kappa shape index (κ3) is 4.64.